The van der Waals surface area contributed by atoms with Gasteiger partial charge in [-0.25, -0.2) is 13.1 Å². The number of likely N-dealkylation sites (tertiary alicyclic amines) is 1. The number of aromatic nitrogens is 2. The predicted molar refractivity (Wildman–Crippen MR) is 78.2 cm³/mol. The summed E-state index contributed by atoms with van der Waals surface area (Å²) >= 11 is 0. The van der Waals surface area contributed by atoms with Crippen LogP contribution in [0.3, 0.4) is 0 Å². The molecule has 0 aromatic carbocycles. The quantitative estimate of drug-likeness (QED) is 0.849. The number of carbonyl (C=O) groups excluding carboxylic acids is 1. The van der Waals surface area contributed by atoms with Crippen molar-refractivity contribution in [2.24, 2.45) is 5.92 Å². The van der Waals surface area contributed by atoms with Crippen molar-refractivity contribution in [2.45, 2.75) is 38.5 Å². The van der Waals surface area contributed by atoms with Gasteiger partial charge in [0.15, 0.2) is 0 Å². The number of sulfonamides is 1. The fourth-order valence-corrected chi connectivity index (χ4v) is 4.17. The van der Waals surface area contributed by atoms with Crippen LogP contribution in [-0.2, 0) is 14.8 Å². The highest BCUT2D eigenvalue weighted by Crippen LogP contribution is 2.19. The summed E-state index contributed by atoms with van der Waals surface area (Å²) in [6, 6.07) is 0. The van der Waals surface area contributed by atoms with Gasteiger partial charge in [-0.1, -0.05) is 0 Å². The van der Waals surface area contributed by atoms with Crippen LogP contribution in [0, 0.1) is 19.8 Å². The van der Waals surface area contributed by atoms with Gasteiger partial charge in [0, 0.05) is 26.6 Å². The topological polar surface area (TPSA) is 95.2 Å². The standard InChI is InChI=1S/C13H22N4O3S/c1-9-13(10(2)16-15-9)21(19,20)14-8-12-4-6-17(7-5-12)11(3)18/h12,14H,4-8H2,1-3H3,(H,15,16). The van der Waals surface area contributed by atoms with Gasteiger partial charge in [0.05, 0.1) is 11.4 Å². The van der Waals surface area contributed by atoms with Crippen LogP contribution in [0.2, 0.25) is 0 Å². The summed E-state index contributed by atoms with van der Waals surface area (Å²) in [7, 11) is -3.53. The van der Waals surface area contributed by atoms with Gasteiger partial charge in [-0.2, -0.15) is 5.10 Å². The number of nitrogens with one attached hydrogen (secondary N) is 2. The van der Waals surface area contributed by atoms with E-state index in [-0.39, 0.29) is 16.7 Å². The zero-order valence-electron chi connectivity index (χ0n) is 12.6. The number of nitrogens with zero attached hydrogens (tertiary/aromatic N) is 2. The Morgan fingerprint density at radius 2 is 2.00 bits per heavy atom. The summed E-state index contributed by atoms with van der Waals surface area (Å²) < 4.78 is 27.3. The van der Waals surface area contributed by atoms with Crippen molar-refractivity contribution in [3.63, 3.8) is 0 Å². The summed E-state index contributed by atoms with van der Waals surface area (Å²) in [6.07, 6.45) is 1.65. The lowest BCUT2D eigenvalue weighted by atomic mass is 9.97. The van der Waals surface area contributed by atoms with Crippen molar-refractivity contribution < 1.29 is 13.2 Å². The van der Waals surface area contributed by atoms with Gasteiger partial charge in [0.1, 0.15) is 4.90 Å². The molecule has 7 nitrogen and oxygen atoms in total. The highest BCUT2D eigenvalue weighted by Gasteiger charge is 2.25. The maximum atomic E-state index is 12.3. The molecule has 118 valence electrons. The zero-order chi connectivity index (χ0) is 15.6. The van der Waals surface area contributed by atoms with Gasteiger partial charge < -0.3 is 4.90 Å². The number of hydrogen-bond acceptors (Lipinski definition) is 4. The van der Waals surface area contributed by atoms with Crippen LogP contribution in [0.15, 0.2) is 4.90 Å². The van der Waals surface area contributed by atoms with E-state index >= 15 is 0 Å². The lowest BCUT2D eigenvalue weighted by molar-refractivity contribution is -0.130. The highest BCUT2D eigenvalue weighted by molar-refractivity contribution is 7.89. The molecule has 2 heterocycles. The smallest absolute Gasteiger partial charge is 0.244 e. The molecule has 0 radical (unpaired) electrons. The molecule has 2 N–H and O–H groups in total. The van der Waals surface area contributed by atoms with Crippen LogP contribution in [0.4, 0.5) is 0 Å². The van der Waals surface area contributed by atoms with Crippen molar-refractivity contribution >= 4 is 15.9 Å². The number of hydrogen-bond donors (Lipinski definition) is 2. The molecule has 0 saturated carbocycles. The largest absolute Gasteiger partial charge is 0.343 e. The molecule has 0 atom stereocenters. The molecule has 0 bridgehead atoms. The molecule has 21 heavy (non-hydrogen) atoms. The van der Waals surface area contributed by atoms with Gasteiger partial charge in [-0.15, -0.1) is 0 Å². The number of aryl methyl sites for hydroxylation is 2. The highest BCUT2D eigenvalue weighted by atomic mass is 32.2. The molecular formula is C13H22N4O3S. The van der Waals surface area contributed by atoms with E-state index in [2.05, 4.69) is 14.9 Å². The number of rotatable bonds is 4. The number of aromatic amines is 1. The summed E-state index contributed by atoms with van der Waals surface area (Å²) in [5.74, 6) is 0.349. The minimum atomic E-state index is -3.53. The van der Waals surface area contributed by atoms with Crippen molar-refractivity contribution in [3.8, 4) is 0 Å². The molecule has 1 saturated heterocycles. The van der Waals surface area contributed by atoms with Crippen molar-refractivity contribution in [3.05, 3.63) is 11.4 Å². The second kappa shape index (κ2) is 6.15. The van der Waals surface area contributed by atoms with Crippen LogP contribution in [0.1, 0.15) is 31.2 Å². The van der Waals surface area contributed by atoms with E-state index < -0.39 is 10.0 Å². The minimum absolute atomic E-state index is 0.0821. The third-order valence-electron chi connectivity index (χ3n) is 3.95. The van der Waals surface area contributed by atoms with Gasteiger partial charge in [-0.05, 0) is 32.6 Å². The molecule has 1 aromatic heterocycles. The monoisotopic (exact) mass is 314 g/mol. The summed E-state index contributed by atoms with van der Waals surface area (Å²) in [5.41, 5.74) is 1.03. The molecule has 1 aliphatic rings. The van der Waals surface area contributed by atoms with Crippen LogP contribution >= 0.6 is 0 Å². The molecule has 0 spiro atoms. The molecule has 0 unspecified atom stereocenters. The van der Waals surface area contributed by atoms with E-state index in [1.54, 1.807) is 25.7 Å². The Labute approximate surface area is 125 Å². The van der Waals surface area contributed by atoms with Crippen LogP contribution < -0.4 is 4.72 Å². The molecular weight excluding hydrogens is 292 g/mol. The van der Waals surface area contributed by atoms with Crippen LogP contribution in [-0.4, -0.2) is 49.1 Å². The molecule has 8 heteroatoms. The third kappa shape index (κ3) is 3.62. The predicted octanol–water partition coefficient (Wildman–Crippen LogP) is 0.563. The Morgan fingerprint density at radius 1 is 1.38 bits per heavy atom. The lowest BCUT2D eigenvalue weighted by Gasteiger charge is -2.31. The Hall–Kier alpha value is -1.41. The SMILES string of the molecule is CC(=O)N1CCC(CNS(=O)(=O)c2c(C)n[nH]c2C)CC1. The molecule has 1 aromatic rings. The number of amides is 1. The molecule has 0 aliphatic carbocycles. The van der Waals surface area contributed by atoms with E-state index in [9.17, 15) is 13.2 Å². The minimum Gasteiger partial charge on any atom is -0.343 e. The van der Waals surface area contributed by atoms with Gasteiger partial charge in [0.25, 0.3) is 0 Å². The average Bonchev–Trinajstić information content (AvgIpc) is 2.77. The number of piperidine rings is 1. The first-order valence-electron chi connectivity index (χ1n) is 7.08. The Morgan fingerprint density at radius 3 is 2.48 bits per heavy atom. The number of H-pyrrole nitrogens is 1. The maximum Gasteiger partial charge on any atom is 0.244 e. The summed E-state index contributed by atoms with van der Waals surface area (Å²) in [5, 5.41) is 6.60. The average molecular weight is 314 g/mol. The van der Waals surface area contributed by atoms with E-state index in [1.807, 2.05) is 0 Å². The summed E-state index contributed by atoms with van der Waals surface area (Å²) in [6.45, 7) is 6.73. The fraction of sp³-hybridized carbons (Fsp3) is 0.692. The van der Waals surface area contributed by atoms with E-state index in [0.29, 0.717) is 31.0 Å². The van der Waals surface area contributed by atoms with Gasteiger partial charge in [0.2, 0.25) is 15.9 Å². The Bertz CT molecular complexity index is 596. The first-order valence-corrected chi connectivity index (χ1v) is 8.56. The van der Waals surface area contributed by atoms with Gasteiger partial charge in [-0.3, -0.25) is 9.89 Å². The molecule has 1 amide bonds. The first kappa shape index (κ1) is 16.0. The lowest BCUT2D eigenvalue weighted by Crippen LogP contribution is -2.40. The summed E-state index contributed by atoms with van der Waals surface area (Å²) in [4.78, 5) is 13.3. The van der Waals surface area contributed by atoms with Gasteiger partial charge >= 0.3 is 0 Å². The Kier molecular flexibility index (Phi) is 4.67. The second-order valence-corrected chi connectivity index (χ2v) is 7.27. The van der Waals surface area contributed by atoms with Crippen LogP contribution in [0.25, 0.3) is 0 Å². The fourth-order valence-electron chi connectivity index (χ4n) is 2.69. The maximum absolute atomic E-state index is 12.3. The molecule has 1 fully saturated rings. The first-order chi connectivity index (χ1) is 9.81. The molecule has 2 rings (SSSR count). The number of carbonyl (C=O) groups is 1. The Balaban J connectivity index is 1.93. The second-order valence-electron chi connectivity index (χ2n) is 5.56. The molecule has 1 aliphatic heterocycles. The zero-order valence-corrected chi connectivity index (χ0v) is 13.5. The van der Waals surface area contributed by atoms with E-state index in [4.69, 9.17) is 0 Å². The van der Waals surface area contributed by atoms with Crippen molar-refractivity contribution in [1.29, 1.82) is 0 Å². The van der Waals surface area contributed by atoms with Crippen molar-refractivity contribution in [1.82, 2.24) is 19.8 Å². The normalized spacial score (nSPS) is 17.2. The third-order valence-corrected chi connectivity index (χ3v) is 5.64. The van der Waals surface area contributed by atoms with E-state index in [1.165, 1.54) is 0 Å². The van der Waals surface area contributed by atoms with Crippen molar-refractivity contribution in [2.75, 3.05) is 19.6 Å². The van der Waals surface area contributed by atoms with E-state index in [0.717, 1.165) is 12.8 Å². The van der Waals surface area contributed by atoms with Crippen LogP contribution in [0.5, 0.6) is 0 Å².